The summed E-state index contributed by atoms with van der Waals surface area (Å²) in [5.74, 6) is 0.0729. The average molecular weight is 528 g/mol. The molecule has 4 aromatic rings. The second-order valence-electron chi connectivity index (χ2n) is 9.76. The van der Waals surface area contributed by atoms with Crippen molar-refractivity contribution in [3.8, 4) is 5.75 Å². The largest absolute Gasteiger partial charge is 0.497 e. The van der Waals surface area contributed by atoms with Crippen LogP contribution in [-0.2, 0) is 16.1 Å². The Labute approximate surface area is 227 Å². The minimum Gasteiger partial charge on any atom is -0.497 e. The zero-order valence-corrected chi connectivity index (χ0v) is 22.6. The Hall–Kier alpha value is -4.53. The molecule has 1 aromatic heterocycles. The van der Waals surface area contributed by atoms with E-state index in [-0.39, 0.29) is 18.2 Å². The summed E-state index contributed by atoms with van der Waals surface area (Å²) in [6.45, 7) is 5.92. The maximum atomic E-state index is 14.1. The lowest BCUT2D eigenvalue weighted by Crippen LogP contribution is -2.45. The monoisotopic (exact) mass is 527 g/mol. The SMILES string of the molecule is COc1cccc([C@H](C(=O)NCCC(C)C)N(C(=O)Cn2nnc3ccccc32)c2cccc(C(C)=O)c2)c1. The summed E-state index contributed by atoms with van der Waals surface area (Å²) in [6.07, 6.45) is 0.787. The van der Waals surface area contributed by atoms with E-state index in [4.69, 9.17) is 4.74 Å². The van der Waals surface area contributed by atoms with Gasteiger partial charge < -0.3 is 10.1 Å². The lowest BCUT2D eigenvalue weighted by molar-refractivity contribution is -0.127. The molecule has 1 heterocycles. The number of hydrogen-bond acceptors (Lipinski definition) is 6. The predicted octanol–water partition coefficient (Wildman–Crippen LogP) is 4.58. The van der Waals surface area contributed by atoms with Crippen molar-refractivity contribution in [2.75, 3.05) is 18.6 Å². The van der Waals surface area contributed by atoms with E-state index >= 15 is 0 Å². The molecule has 0 fully saturated rings. The van der Waals surface area contributed by atoms with Gasteiger partial charge in [0.05, 0.1) is 12.6 Å². The highest BCUT2D eigenvalue weighted by Crippen LogP contribution is 2.31. The van der Waals surface area contributed by atoms with Crippen LogP contribution in [0.5, 0.6) is 5.75 Å². The molecule has 0 aliphatic heterocycles. The van der Waals surface area contributed by atoms with Crippen molar-refractivity contribution in [3.05, 3.63) is 83.9 Å². The van der Waals surface area contributed by atoms with Gasteiger partial charge in [0, 0.05) is 17.8 Å². The summed E-state index contributed by atoms with van der Waals surface area (Å²) in [5, 5.41) is 11.3. The Morgan fingerprint density at radius 3 is 2.51 bits per heavy atom. The van der Waals surface area contributed by atoms with Crippen molar-refractivity contribution in [2.45, 2.75) is 39.8 Å². The molecular formula is C30H33N5O4. The number of methoxy groups -OCH3 is 1. The maximum Gasteiger partial charge on any atom is 0.249 e. The molecule has 0 aliphatic carbocycles. The van der Waals surface area contributed by atoms with Crippen LogP contribution in [0, 0.1) is 5.92 Å². The molecule has 4 rings (SSSR count). The van der Waals surface area contributed by atoms with E-state index in [9.17, 15) is 14.4 Å². The van der Waals surface area contributed by atoms with Gasteiger partial charge in [-0.1, -0.05) is 55.5 Å². The zero-order valence-electron chi connectivity index (χ0n) is 22.6. The maximum absolute atomic E-state index is 14.1. The number of carbonyl (C=O) groups is 3. The number of aromatic nitrogens is 3. The van der Waals surface area contributed by atoms with Crippen LogP contribution in [0.1, 0.15) is 49.2 Å². The van der Waals surface area contributed by atoms with Gasteiger partial charge in [-0.3, -0.25) is 19.3 Å². The van der Waals surface area contributed by atoms with E-state index in [0.717, 1.165) is 6.42 Å². The van der Waals surface area contributed by atoms with Gasteiger partial charge in [-0.05, 0) is 61.2 Å². The van der Waals surface area contributed by atoms with Gasteiger partial charge in [-0.25, -0.2) is 4.68 Å². The van der Waals surface area contributed by atoms with Crippen LogP contribution >= 0.6 is 0 Å². The lowest BCUT2D eigenvalue weighted by Gasteiger charge is -2.32. The van der Waals surface area contributed by atoms with Gasteiger partial charge in [0.25, 0.3) is 0 Å². The average Bonchev–Trinajstić information content (AvgIpc) is 3.33. The van der Waals surface area contributed by atoms with Crippen molar-refractivity contribution in [1.29, 1.82) is 0 Å². The molecule has 0 saturated heterocycles. The van der Waals surface area contributed by atoms with Crippen molar-refractivity contribution in [2.24, 2.45) is 5.92 Å². The summed E-state index contributed by atoms with van der Waals surface area (Å²) < 4.78 is 6.94. The van der Waals surface area contributed by atoms with E-state index < -0.39 is 11.9 Å². The minimum atomic E-state index is -1.03. The number of anilines is 1. The first-order chi connectivity index (χ1) is 18.8. The second kappa shape index (κ2) is 12.3. The van der Waals surface area contributed by atoms with Crippen LogP contribution in [0.2, 0.25) is 0 Å². The number of nitrogens with one attached hydrogen (secondary N) is 1. The molecule has 1 N–H and O–H groups in total. The third-order valence-electron chi connectivity index (χ3n) is 6.44. The molecule has 202 valence electrons. The number of rotatable bonds is 11. The Balaban J connectivity index is 1.82. The molecule has 0 radical (unpaired) electrons. The molecule has 1 atom stereocenters. The fourth-order valence-electron chi connectivity index (χ4n) is 4.36. The Morgan fingerprint density at radius 1 is 1.00 bits per heavy atom. The molecule has 0 spiro atoms. The summed E-state index contributed by atoms with van der Waals surface area (Å²) in [5.41, 5.74) is 2.78. The third kappa shape index (κ3) is 6.49. The molecular weight excluding hydrogens is 494 g/mol. The Bertz CT molecular complexity index is 1480. The van der Waals surface area contributed by atoms with Gasteiger partial charge in [-0.2, -0.15) is 0 Å². The summed E-state index contributed by atoms with van der Waals surface area (Å²) in [4.78, 5) is 41.6. The van der Waals surface area contributed by atoms with Crippen molar-refractivity contribution in [3.63, 3.8) is 0 Å². The number of ether oxygens (including phenoxy) is 1. The molecule has 3 aromatic carbocycles. The minimum absolute atomic E-state index is 0.147. The van der Waals surface area contributed by atoms with Crippen LogP contribution < -0.4 is 15.0 Å². The van der Waals surface area contributed by atoms with Crippen molar-refractivity contribution in [1.82, 2.24) is 20.3 Å². The van der Waals surface area contributed by atoms with Crippen LogP contribution in [-0.4, -0.2) is 46.2 Å². The van der Waals surface area contributed by atoms with Crippen LogP contribution in [0.15, 0.2) is 72.8 Å². The molecule has 0 aliphatic rings. The Kier molecular flexibility index (Phi) is 8.70. The summed E-state index contributed by atoms with van der Waals surface area (Å²) >= 11 is 0. The highest BCUT2D eigenvalue weighted by atomic mass is 16.5. The second-order valence-corrected chi connectivity index (χ2v) is 9.76. The first-order valence-electron chi connectivity index (χ1n) is 12.9. The van der Waals surface area contributed by atoms with E-state index in [1.165, 1.54) is 16.5 Å². The fraction of sp³-hybridized carbons (Fsp3) is 0.300. The summed E-state index contributed by atoms with van der Waals surface area (Å²) in [7, 11) is 1.55. The van der Waals surface area contributed by atoms with E-state index in [1.54, 1.807) is 55.6 Å². The number of nitrogens with zero attached hydrogens (tertiary/aromatic N) is 4. The molecule has 39 heavy (non-hydrogen) atoms. The normalized spacial score (nSPS) is 11.8. The quantitative estimate of drug-likeness (QED) is 0.286. The number of para-hydroxylation sites is 1. The zero-order chi connectivity index (χ0) is 27.9. The van der Waals surface area contributed by atoms with Gasteiger partial charge in [0.1, 0.15) is 23.9 Å². The summed E-state index contributed by atoms with van der Waals surface area (Å²) in [6, 6.07) is 20.2. The number of amides is 2. The van der Waals surface area contributed by atoms with Gasteiger partial charge in [0.2, 0.25) is 11.8 Å². The van der Waals surface area contributed by atoms with E-state index in [2.05, 4.69) is 29.5 Å². The molecule has 9 heteroatoms. The van der Waals surface area contributed by atoms with Crippen LogP contribution in [0.4, 0.5) is 5.69 Å². The van der Waals surface area contributed by atoms with Crippen LogP contribution in [0.25, 0.3) is 11.0 Å². The number of Topliss-reactive ketones (excluding diaryl/α,β-unsaturated/α-hetero) is 1. The van der Waals surface area contributed by atoms with Crippen molar-refractivity contribution >= 4 is 34.3 Å². The lowest BCUT2D eigenvalue weighted by atomic mass is 10.0. The van der Waals surface area contributed by atoms with Gasteiger partial charge in [-0.15, -0.1) is 5.10 Å². The van der Waals surface area contributed by atoms with Gasteiger partial charge >= 0.3 is 0 Å². The molecule has 0 bridgehead atoms. The van der Waals surface area contributed by atoms with Gasteiger partial charge in [0.15, 0.2) is 5.78 Å². The molecule has 0 unspecified atom stereocenters. The fourth-order valence-corrected chi connectivity index (χ4v) is 4.36. The molecule has 0 saturated carbocycles. The number of fused-ring (bicyclic) bond motifs is 1. The number of hydrogen-bond donors (Lipinski definition) is 1. The smallest absolute Gasteiger partial charge is 0.249 e. The first-order valence-corrected chi connectivity index (χ1v) is 12.9. The number of benzene rings is 3. The highest BCUT2D eigenvalue weighted by molar-refractivity contribution is 6.03. The third-order valence-corrected chi connectivity index (χ3v) is 6.44. The standard InChI is InChI=1S/C30H33N5O4/c1-20(2)15-16-31-30(38)29(23-10-8-12-25(18-23)39-4)35(24-11-7-9-22(17-24)21(3)36)28(37)19-34-27-14-6-5-13-26(27)32-33-34/h5-14,17-18,20,29H,15-16,19H2,1-4H3,(H,31,38)/t29-/m1/s1. The van der Waals surface area contributed by atoms with E-state index in [1.807, 2.05) is 24.3 Å². The molecule has 2 amide bonds. The predicted molar refractivity (Wildman–Crippen MR) is 150 cm³/mol. The highest BCUT2D eigenvalue weighted by Gasteiger charge is 2.34. The van der Waals surface area contributed by atoms with Crippen molar-refractivity contribution < 1.29 is 19.1 Å². The van der Waals surface area contributed by atoms with E-state index in [0.29, 0.717) is 46.1 Å². The first kappa shape index (κ1) is 27.5. The molecule has 9 nitrogen and oxygen atoms in total. The Morgan fingerprint density at radius 2 is 1.77 bits per heavy atom. The number of ketones is 1. The topological polar surface area (TPSA) is 106 Å². The van der Waals surface area contributed by atoms with Crippen LogP contribution in [0.3, 0.4) is 0 Å². The number of carbonyl (C=O) groups excluding carboxylic acids is 3.